The zero-order valence-corrected chi connectivity index (χ0v) is 46.9. The van der Waals surface area contributed by atoms with Crippen LogP contribution in [0.1, 0.15) is 100 Å². The fourth-order valence-electron chi connectivity index (χ4n) is 12.7. The average Bonchev–Trinajstić information content (AvgIpc) is 3.38. The maximum absolute atomic E-state index is 2.56. The van der Waals surface area contributed by atoms with E-state index in [2.05, 4.69) is 255 Å². The third-order valence-corrected chi connectivity index (χ3v) is 19.5. The predicted molar refractivity (Wildman–Crippen MR) is 315 cm³/mol. The van der Waals surface area contributed by atoms with Gasteiger partial charge in [0.05, 0.1) is 22.7 Å². The van der Waals surface area contributed by atoms with Gasteiger partial charge < -0.3 is 9.80 Å². The molecule has 3 heteroatoms. The Morgan fingerprint density at radius 3 is 0.831 bits per heavy atom. The lowest BCUT2D eigenvalue weighted by atomic mass is 9.92. The number of nitrogens with zero attached hydrogens (tertiary/aromatic N) is 2. The van der Waals surface area contributed by atoms with E-state index in [1.54, 1.807) is 0 Å². The zero-order valence-electron chi connectivity index (χ0n) is 45.9. The minimum Gasteiger partial charge on any atom is -0.309 e. The van der Waals surface area contributed by atoms with Crippen LogP contribution < -0.4 is 20.2 Å². The van der Waals surface area contributed by atoms with Gasteiger partial charge in [0.2, 0.25) is 0 Å². The van der Waals surface area contributed by atoms with Crippen LogP contribution in [-0.4, -0.2) is 8.07 Å². The Kier molecular flexibility index (Phi) is 12.8. The van der Waals surface area contributed by atoms with Crippen molar-refractivity contribution >= 4 is 64.7 Å². The van der Waals surface area contributed by atoms with E-state index in [0.717, 1.165) is 0 Å². The van der Waals surface area contributed by atoms with Gasteiger partial charge in [-0.1, -0.05) is 145 Å². The molecule has 0 radical (unpaired) electrons. The van der Waals surface area contributed by atoms with Crippen molar-refractivity contribution in [1.29, 1.82) is 0 Å². The summed E-state index contributed by atoms with van der Waals surface area (Å²) in [7, 11) is -2.25. The summed E-state index contributed by atoms with van der Waals surface area (Å²) >= 11 is 0. The molecule has 0 saturated heterocycles. The molecule has 1 aliphatic heterocycles. The van der Waals surface area contributed by atoms with Gasteiger partial charge in [0.1, 0.15) is 8.07 Å². The van der Waals surface area contributed by atoms with Crippen molar-refractivity contribution in [1.82, 2.24) is 0 Å². The standard InChI is InChI=1S/C68H74N2Si/c1-39-29-43(5)65(44(6)30-39)69(66-45(7)31-40(2)32-46(66)8)61-27-25-59(51(13)53(61)15)57-23-21-55-19-20-56-22-24-58(38-64(56)71(17,18)63(55)37-57)60-26-28-62(54(16)52(60)14)70(67-47(9)33-41(3)34-48(67)10)68-49(11)35-42(4)36-50(68)12/h19-38H,1-18H3. The maximum atomic E-state index is 2.56. The molecule has 0 unspecified atom stereocenters. The van der Waals surface area contributed by atoms with Gasteiger partial charge in [-0.05, 0) is 233 Å². The van der Waals surface area contributed by atoms with E-state index in [4.69, 9.17) is 0 Å². The topological polar surface area (TPSA) is 6.48 Å². The lowest BCUT2D eigenvalue weighted by molar-refractivity contribution is 1.14. The van der Waals surface area contributed by atoms with Crippen LogP contribution >= 0.6 is 0 Å². The van der Waals surface area contributed by atoms with Gasteiger partial charge in [-0.2, -0.15) is 0 Å². The highest BCUT2D eigenvalue weighted by Crippen LogP contribution is 2.48. The van der Waals surface area contributed by atoms with Crippen LogP contribution in [0.4, 0.5) is 34.1 Å². The van der Waals surface area contributed by atoms with Crippen molar-refractivity contribution in [3.8, 4) is 22.3 Å². The molecule has 9 rings (SSSR count). The molecule has 1 heterocycles. The van der Waals surface area contributed by atoms with Gasteiger partial charge >= 0.3 is 0 Å². The van der Waals surface area contributed by atoms with Crippen molar-refractivity contribution in [2.24, 2.45) is 0 Å². The Morgan fingerprint density at radius 2 is 0.563 bits per heavy atom. The van der Waals surface area contributed by atoms with E-state index in [1.807, 2.05) is 0 Å². The summed E-state index contributed by atoms with van der Waals surface area (Å²) in [5.74, 6) is 0. The number of hydrogen-bond donors (Lipinski definition) is 0. The first-order valence-electron chi connectivity index (χ1n) is 25.7. The third-order valence-electron chi connectivity index (χ3n) is 16.0. The first-order chi connectivity index (χ1) is 33.6. The summed E-state index contributed by atoms with van der Waals surface area (Å²) in [6, 6.07) is 42.7. The van der Waals surface area contributed by atoms with E-state index >= 15 is 0 Å². The summed E-state index contributed by atoms with van der Waals surface area (Å²) < 4.78 is 0. The lowest BCUT2D eigenvalue weighted by Crippen LogP contribution is -2.54. The smallest absolute Gasteiger partial charge is 0.113 e. The van der Waals surface area contributed by atoms with E-state index in [0.29, 0.717) is 0 Å². The van der Waals surface area contributed by atoms with Crippen LogP contribution in [0.5, 0.6) is 0 Å². The highest BCUT2D eigenvalue weighted by molar-refractivity contribution is 7.01. The molecule has 0 bridgehead atoms. The molecule has 8 aromatic rings. The first-order valence-corrected chi connectivity index (χ1v) is 28.7. The van der Waals surface area contributed by atoms with Gasteiger partial charge in [-0.3, -0.25) is 0 Å². The minimum atomic E-state index is -2.25. The van der Waals surface area contributed by atoms with Gasteiger partial charge in [-0.25, -0.2) is 0 Å². The monoisotopic (exact) mass is 947 g/mol. The fourth-order valence-corrected chi connectivity index (χ4v) is 15.8. The zero-order chi connectivity index (χ0) is 51.1. The van der Waals surface area contributed by atoms with Crippen molar-refractivity contribution in [3.05, 3.63) is 209 Å². The number of fused-ring (bicyclic) bond motifs is 2. The Hall–Kier alpha value is -6.68. The van der Waals surface area contributed by atoms with Crippen molar-refractivity contribution < 1.29 is 0 Å². The largest absolute Gasteiger partial charge is 0.309 e. The highest BCUT2D eigenvalue weighted by atomic mass is 28.3. The quantitative estimate of drug-likeness (QED) is 0.140. The number of aryl methyl sites for hydroxylation is 12. The van der Waals surface area contributed by atoms with Crippen LogP contribution in [-0.2, 0) is 0 Å². The van der Waals surface area contributed by atoms with Crippen molar-refractivity contribution in [2.75, 3.05) is 9.80 Å². The van der Waals surface area contributed by atoms with Gasteiger partial charge in [0, 0.05) is 11.4 Å². The average molecular weight is 947 g/mol. The summed E-state index contributed by atoms with van der Waals surface area (Å²) in [5, 5.41) is 2.96. The molecular weight excluding hydrogens is 873 g/mol. The van der Waals surface area contributed by atoms with E-state index in [9.17, 15) is 0 Å². The summed E-state index contributed by atoms with van der Waals surface area (Å²) in [6.45, 7) is 41.4. The van der Waals surface area contributed by atoms with Crippen LogP contribution in [0.2, 0.25) is 13.1 Å². The molecule has 8 aromatic carbocycles. The first kappa shape index (κ1) is 49.3. The Bertz CT molecular complexity index is 3090. The second-order valence-electron chi connectivity index (χ2n) is 22.0. The molecule has 0 N–H and O–H groups in total. The Labute approximate surface area is 427 Å². The predicted octanol–water partition coefficient (Wildman–Crippen LogP) is 18.2. The number of rotatable bonds is 8. The molecule has 71 heavy (non-hydrogen) atoms. The molecular formula is C68H74N2Si. The minimum absolute atomic E-state index is 1.23. The van der Waals surface area contributed by atoms with Crippen molar-refractivity contribution in [2.45, 2.75) is 124 Å². The van der Waals surface area contributed by atoms with Crippen LogP contribution in [0.25, 0.3) is 34.4 Å². The molecule has 2 nitrogen and oxygen atoms in total. The van der Waals surface area contributed by atoms with Gasteiger partial charge in [0.15, 0.2) is 0 Å². The van der Waals surface area contributed by atoms with Crippen LogP contribution in [0.3, 0.4) is 0 Å². The summed E-state index contributed by atoms with van der Waals surface area (Å²) in [5.41, 5.74) is 36.1. The molecule has 0 atom stereocenters. The number of benzene rings is 8. The lowest BCUT2D eigenvalue weighted by Gasteiger charge is -2.34. The maximum Gasteiger partial charge on any atom is 0.113 e. The SMILES string of the molecule is Cc1cc(C)c(N(c2ccc(-c3ccc4c(c3)[Si](C)(C)c3cc(-c5ccc(N(c6c(C)cc(C)cc6C)c6c(C)cc(C)cc6C)c(C)c5C)ccc3C=C4)c(C)c2C)c2c(C)cc(C)cc2C)c(C)c1. The van der Waals surface area contributed by atoms with E-state index in [1.165, 1.54) is 167 Å². The molecule has 0 spiro atoms. The van der Waals surface area contributed by atoms with E-state index in [-0.39, 0.29) is 0 Å². The Balaban J connectivity index is 1.12. The molecule has 0 amide bonds. The molecule has 360 valence electrons. The van der Waals surface area contributed by atoms with Crippen LogP contribution in [0.15, 0.2) is 109 Å². The normalized spacial score (nSPS) is 12.7. The summed E-state index contributed by atoms with van der Waals surface area (Å²) in [6.07, 6.45) is 4.72. The van der Waals surface area contributed by atoms with Crippen molar-refractivity contribution in [3.63, 3.8) is 0 Å². The highest BCUT2D eigenvalue weighted by Gasteiger charge is 2.33. The molecule has 0 fully saturated rings. The van der Waals surface area contributed by atoms with E-state index < -0.39 is 8.07 Å². The second-order valence-corrected chi connectivity index (χ2v) is 26.3. The molecule has 0 aromatic heterocycles. The van der Waals surface area contributed by atoms with Gasteiger partial charge in [-0.15, -0.1) is 0 Å². The van der Waals surface area contributed by atoms with Gasteiger partial charge in [0.25, 0.3) is 0 Å². The fraction of sp³-hybridized carbons (Fsp3) is 0.265. The molecule has 0 saturated carbocycles. The third kappa shape index (κ3) is 8.61. The Morgan fingerprint density at radius 1 is 0.296 bits per heavy atom. The second kappa shape index (κ2) is 18.5. The molecule has 0 aliphatic carbocycles. The number of hydrogen-bond acceptors (Lipinski definition) is 2. The summed E-state index contributed by atoms with van der Waals surface area (Å²) in [4.78, 5) is 5.11. The number of anilines is 6. The van der Waals surface area contributed by atoms with Crippen LogP contribution in [0, 0.1) is 111 Å². The molecule has 1 aliphatic rings.